The number of nitrogens with zero attached hydrogens (tertiary/aromatic N) is 1. The molecule has 0 atom stereocenters. The van der Waals surface area contributed by atoms with E-state index in [9.17, 15) is 4.79 Å². The van der Waals surface area contributed by atoms with E-state index in [4.69, 9.17) is 0 Å². The largest absolute Gasteiger partial charge is 0.355 e. The molecule has 1 amide bonds. The van der Waals surface area contributed by atoms with Gasteiger partial charge < -0.3 is 10.6 Å². The minimum absolute atomic E-state index is 0.0216. The first-order chi connectivity index (χ1) is 17.4. The van der Waals surface area contributed by atoms with Crippen molar-refractivity contribution in [2.45, 2.75) is 46.0 Å². The van der Waals surface area contributed by atoms with Crippen LogP contribution in [0.25, 0.3) is 5.57 Å². The number of piperidine rings is 1. The summed E-state index contributed by atoms with van der Waals surface area (Å²) in [6, 6.07) is 16.8. The van der Waals surface area contributed by atoms with Gasteiger partial charge in [0, 0.05) is 35.1 Å². The zero-order valence-electron chi connectivity index (χ0n) is 21.9. The lowest BCUT2D eigenvalue weighted by Gasteiger charge is -2.33. The summed E-state index contributed by atoms with van der Waals surface area (Å²) in [7, 11) is 0. The summed E-state index contributed by atoms with van der Waals surface area (Å²) in [5.74, 6) is 0.560. The first-order valence-corrected chi connectivity index (χ1v) is 13.1. The van der Waals surface area contributed by atoms with Gasteiger partial charge in [0.15, 0.2) is 0 Å². The highest BCUT2D eigenvalue weighted by molar-refractivity contribution is 5.92. The Hall–Kier alpha value is -3.37. The minimum atomic E-state index is -0.0216. The molecule has 1 aliphatic heterocycles. The number of benzene rings is 2. The Morgan fingerprint density at radius 2 is 1.89 bits per heavy atom. The summed E-state index contributed by atoms with van der Waals surface area (Å²) in [5.41, 5.74) is 8.08. The molecule has 188 valence electrons. The maximum atomic E-state index is 12.1. The molecule has 4 rings (SSSR count). The van der Waals surface area contributed by atoms with E-state index >= 15 is 0 Å². The van der Waals surface area contributed by atoms with Crippen molar-refractivity contribution in [3.05, 3.63) is 102 Å². The Morgan fingerprint density at radius 1 is 1.11 bits per heavy atom. The number of likely N-dealkylation sites (tertiary alicyclic amines) is 1. The summed E-state index contributed by atoms with van der Waals surface area (Å²) in [5, 5.41) is 6.65. The molecule has 0 radical (unpaired) electrons. The van der Waals surface area contributed by atoms with Gasteiger partial charge in [0.05, 0.1) is 0 Å². The number of hydrogen-bond acceptors (Lipinski definition) is 3. The standard InChI is InChI=1S/C32H39N3O/c1-23(2)32(36)34-29-13-9-11-27(21-29)26-16-18-35(19-17-26)22-25(4)30-14-7-8-15-31(30)33-28-12-6-5-10-24(3)20-28/h5-9,11-15,20-21,23,26,33H,4,10,16-19,22H2,1-3H3,(H,34,36). The van der Waals surface area contributed by atoms with Crippen LogP contribution in [0.15, 0.2) is 90.7 Å². The third kappa shape index (κ3) is 6.86. The number of amides is 1. The number of carbonyl (C=O) groups is 1. The molecule has 0 spiro atoms. The van der Waals surface area contributed by atoms with Crippen LogP contribution in [0.4, 0.5) is 11.4 Å². The van der Waals surface area contributed by atoms with E-state index in [0.717, 1.165) is 61.5 Å². The average molecular weight is 482 g/mol. The Morgan fingerprint density at radius 3 is 2.67 bits per heavy atom. The second kappa shape index (κ2) is 12.0. The lowest BCUT2D eigenvalue weighted by molar-refractivity contribution is -0.118. The molecule has 36 heavy (non-hydrogen) atoms. The van der Waals surface area contributed by atoms with Crippen molar-refractivity contribution in [3.8, 4) is 0 Å². The number of allylic oxidation sites excluding steroid dienone is 5. The van der Waals surface area contributed by atoms with Gasteiger partial charge in [-0.1, -0.05) is 68.5 Å². The van der Waals surface area contributed by atoms with E-state index in [0.29, 0.717) is 5.92 Å². The van der Waals surface area contributed by atoms with Gasteiger partial charge in [-0.2, -0.15) is 0 Å². The third-order valence-electron chi connectivity index (χ3n) is 6.99. The van der Waals surface area contributed by atoms with Crippen molar-refractivity contribution in [3.63, 3.8) is 0 Å². The molecule has 0 saturated carbocycles. The molecule has 1 heterocycles. The van der Waals surface area contributed by atoms with Crippen LogP contribution in [0.5, 0.6) is 0 Å². The molecule has 2 aromatic rings. The maximum absolute atomic E-state index is 12.1. The molecular formula is C32H39N3O. The minimum Gasteiger partial charge on any atom is -0.355 e. The molecule has 4 nitrogen and oxygen atoms in total. The van der Waals surface area contributed by atoms with Crippen LogP contribution in [-0.4, -0.2) is 30.4 Å². The van der Waals surface area contributed by atoms with Gasteiger partial charge in [0.2, 0.25) is 5.91 Å². The number of nitrogens with one attached hydrogen (secondary N) is 2. The van der Waals surface area contributed by atoms with E-state index in [-0.39, 0.29) is 11.8 Å². The first-order valence-electron chi connectivity index (χ1n) is 13.1. The summed E-state index contributed by atoms with van der Waals surface area (Å²) in [6.45, 7) is 13.4. The van der Waals surface area contributed by atoms with Crippen molar-refractivity contribution in [1.29, 1.82) is 0 Å². The zero-order valence-corrected chi connectivity index (χ0v) is 21.9. The van der Waals surface area contributed by atoms with Crippen LogP contribution < -0.4 is 10.6 Å². The van der Waals surface area contributed by atoms with Gasteiger partial charge in [-0.15, -0.1) is 0 Å². The number of anilines is 2. The van der Waals surface area contributed by atoms with Gasteiger partial charge in [0.1, 0.15) is 0 Å². The van der Waals surface area contributed by atoms with E-state index in [1.165, 1.54) is 16.7 Å². The fourth-order valence-electron chi connectivity index (χ4n) is 4.87. The Kier molecular flexibility index (Phi) is 8.61. The Balaban J connectivity index is 1.35. The SMILES string of the molecule is C=C(CN1CCC(c2cccc(NC(=O)C(C)C)c2)CC1)c1ccccc1NC1=CC=CCC(C)=C1. The lowest BCUT2D eigenvalue weighted by atomic mass is 9.89. The fourth-order valence-corrected chi connectivity index (χ4v) is 4.87. The molecule has 1 fully saturated rings. The molecule has 0 unspecified atom stereocenters. The van der Waals surface area contributed by atoms with Crippen molar-refractivity contribution in [1.82, 2.24) is 4.90 Å². The van der Waals surface area contributed by atoms with Crippen LogP contribution in [0.1, 0.15) is 57.1 Å². The normalized spacial score (nSPS) is 16.8. The highest BCUT2D eigenvalue weighted by Gasteiger charge is 2.22. The molecule has 0 bridgehead atoms. The van der Waals surface area contributed by atoms with E-state index in [1.807, 2.05) is 19.9 Å². The molecule has 0 aromatic heterocycles. The number of para-hydroxylation sites is 1. The van der Waals surface area contributed by atoms with E-state index in [2.05, 4.69) is 95.8 Å². The summed E-state index contributed by atoms with van der Waals surface area (Å²) < 4.78 is 0. The number of carbonyl (C=O) groups excluding carboxylic acids is 1. The van der Waals surface area contributed by atoms with Crippen LogP contribution in [0.2, 0.25) is 0 Å². The molecule has 2 aromatic carbocycles. The summed E-state index contributed by atoms with van der Waals surface area (Å²) in [4.78, 5) is 14.6. The van der Waals surface area contributed by atoms with Crippen molar-refractivity contribution < 1.29 is 4.79 Å². The smallest absolute Gasteiger partial charge is 0.226 e. The molecule has 2 N–H and O–H groups in total. The lowest BCUT2D eigenvalue weighted by Crippen LogP contribution is -2.34. The monoisotopic (exact) mass is 481 g/mol. The number of rotatable bonds is 8. The average Bonchev–Trinajstić information content (AvgIpc) is 3.08. The van der Waals surface area contributed by atoms with Gasteiger partial charge in [-0.3, -0.25) is 9.69 Å². The topological polar surface area (TPSA) is 44.4 Å². The third-order valence-corrected chi connectivity index (χ3v) is 6.99. The van der Waals surface area contributed by atoms with Crippen LogP contribution in [0, 0.1) is 5.92 Å². The number of hydrogen-bond donors (Lipinski definition) is 2. The van der Waals surface area contributed by atoms with Crippen molar-refractivity contribution >= 4 is 22.9 Å². The fraction of sp³-hybridized carbons (Fsp3) is 0.344. The van der Waals surface area contributed by atoms with Gasteiger partial charge in [-0.05, 0) is 86.7 Å². The van der Waals surface area contributed by atoms with Gasteiger partial charge in [-0.25, -0.2) is 0 Å². The molecule has 1 saturated heterocycles. The second-order valence-corrected chi connectivity index (χ2v) is 10.3. The van der Waals surface area contributed by atoms with Crippen LogP contribution >= 0.6 is 0 Å². The molecule has 1 aliphatic carbocycles. The van der Waals surface area contributed by atoms with Crippen molar-refractivity contribution in [2.24, 2.45) is 5.92 Å². The van der Waals surface area contributed by atoms with E-state index in [1.54, 1.807) is 0 Å². The zero-order chi connectivity index (χ0) is 25.5. The van der Waals surface area contributed by atoms with Crippen LogP contribution in [0.3, 0.4) is 0 Å². The highest BCUT2D eigenvalue weighted by atomic mass is 16.1. The maximum Gasteiger partial charge on any atom is 0.226 e. The first kappa shape index (κ1) is 25.7. The Bertz CT molecular complexity index is 1180. The Labute approximate surface area is 216 Å². The highest BCUT2D eigenvalue weighted by Crippen LogP contribution is 2.32. The second-order valence-electron chi connectivity index (χ2n) is 10.3. The quantitative estimate of drug-likeness (QED) is 0.413. The summed E-state index contributed by atoms with van der Waals surface area (Å²) in [6.07, 6.45) is 11.9. The van der Waals surface area contributed by atoms with Gasteiger partial charge >= 0.3 is 0 Å². The molecular weight excluding hydrogens is 442 g/mol. The predicted octanol–water partition coefficient (Wildman–Crippen LogP) is 7.38. The summed E-state index contributed by atoms with van der Waals surface area (Å²) >= 11 is 0. The van der Waals surface area contributed by atoms with Crippen LogP contribution in [-0.2, 0) is 4.79 Å². The van der Waals surface area contributed by atoms with Gasteiger partial charge in [0.25, 0.3) is 0 Å². The van der Waals surface area contributed by atoms with Crippen molar-refractivity contribution in [2.75, 3.05) is 30.3 Å². The molecule has 4 heteroatoms. The predicted molar refractivity (Wildman–Crippen MR) is 153 cm³/mol. The molecule has 2 aliphatic rings. The van der Waals surface area contributed by atoms with E-state index < -0.39 is 0 Å².